The van der Waals surface area contributed by atoms with Crippen LogP contribution < -0.4 is 5.32 Å². The summed E-state index contributed by atoms with van der Waals surface area (Å²) in [5, 5.41) is 22.3. The Hall–Kier alpha value is -3.00. The number of aromatic hydroxyl groups is 1. The number of benzene rings is 1. The van der Waals surface area contributed by atoms with Crippen molar-refractivity contribution in [3.63, 3.8) is 0 Å². The Morgan fingerprint density at radius 2 is 1.88 bits per heavy atom. The number of carboxylic acid groups (broad SMARTS) is 1. The van der Waals surface area contributed by atoms with Gasteiger partial charge in [-0.1, -0.05) is 30.3 Å². The SMILES string of the molecule is Cc1nc(C(=O)NC(C)C(=O)O)c(O)c2sc(-c3ccccc3)nc12. The van der Waals surface area contributed by atoms with Crippen LogP contribution in [0.25, 0.3) is 20.8 Å². The lowest BCUT2D eigenvalue weighted by Gasteiger charge is -2.10. The molecule has 7 nitrogen and oxygen atoms in total. The van der Waals surface area contributed by atoms with E-state index in [2.05, 4.69) is 15.3 Å². The number of aryl methyl sites for hydroxylation is 1. The smallest absolute Gasteiger partial charge is 0.325 e. The lowest BCUT2D eigenvalue weighted by atomic mass is 10.2. The highest BCUT2D eigenvalue weighted by molar-refractivity contribution is 7.22. The Balaban J connectivity index is 2.07. The summed E-state index contributed by atoms with van der Waals surface area (Å²) in [6, 6.07) is 8.38. The molecule has 1 amide bonds. The summed E-state index contributed by atoms with van der Waals surface area (Å²) in [5.41, 5.74) is 1.69. The van der Waals surface area contributed by atoms with E-state index in [-0.39, 0.29) is 11.4 Å². The van der Waals surface area contributed by atoms with Crippen LogP contribution in [0.2, 0.25) is 0 Å². The monoisotopic (exact) mass is 357 g/mol. The van der Waals surface area contributed by atoms with Crippen LogP contribution >= 0.6 is 11.3 Å². The molecule has 2 heterocycles. The van der Waals surface area contributed by atoms with Crippen molar-refractivity contribution in [3.8, 4) is 16.3 Å². The zero-order valence-corrected chi connectivity index (χ0v) is 14.3. The Morgan fingerprint density at radius 1 is 1.20 bits per heavy atom. The molecule has 1 unspecified atom stereocenters. The number of thiazole rings is 1. The van der Waals surface area contributed by atoms with Crippen molar-refractivity contribution < 1.29 is 19.8 Å². The Kier molecular flexibility index (Phi) is 4.37. The quantitative estimate of drug-likeness (QED) is 0.661. The summed E-state index contributed by atoms with van der Waals surface area (Å²) in [6.07, 6.45) is 0. The van der Waals surface area contributed by atoms with Gasteiger partial charge in [0.15, 0.2) is 11.4 Å². The molecule has 25 heavy (non-hydrogen) atoms. The maximum Gasteiger partial charge on any atom is 0.325 e. The molecule has 3 rings (SSSR count). The minimum absolute atomic E-state index is 0.207. The molecule has 0 aliphatic carbocycles. The van der Waals surface area contributed by atoms with Crippen molar-refractivity contribution in [2.75, 3.05) is 0 Å². The van der Waals surface area contributed by atoms with Crippen LogP contribution in [-0.4, -0.2) is 38.1 Å². The van der Waals surface area contributed by atoms with Crippen LogP contribution in [0, 0.1) is 6.92 Å². The zero-order chi connectivity index (χ0) is 18.1. The lowest BCUT2D eigenvalue weighted by molar-refractivity contribution is -0.138. The first-order valence-electron chi connectivity index (χ1n) is 7.47. The summed E-state index contributed by atoms with van der Waals surface area (Å²) >= 11 is 1.25. The normalized spacial score (nSPS) is 12.1. The van der Waals surface area contributed by atoms with E-state index in [1.54, 1.807) is 6.92 Å². The van der Waals surface area contributed by atoms with E-state index >= 15 is 0 Å². The maximum atomic E-state index is 12.2. The Morgan fingerprint density at radius 3 is 2.52 bits per heavy atom. The number of carboxylic acids is 1. The van der Waals surface area contributed by atoms with E-state index in [0.717, 1.165) is 5.56 Å². The van der Waals surface area contributed by atoms with Gasteiger partial charge in [0.25, 0.3) is 5.91 Å². The molecule has 1 atom stereocenters. The topological polar surface area (TPSA) is 112 Å². The third-order valence-electron chi connectivity index (χ3n) is 3.64. The van der Waals surface area contributed by atoms with E-state index in [0.29, 0.717) is 20.9 Å². The number of carbonyl (C=O) groups excluding carboxylic acids is 1. The molecule has 2 aromatic heterocycles. The average molecular weight is 357 g/mol. The molecule has 0 radical (unpaired) electrons. The largest absolute Gasteiger partial charge is 0.504 e. The number of nitrogens with one attached hydrogen (secondary N) is 1. The first-order chi connectivity index (χ1) is 11.9. The molecule has 128 valence electrons. The van der Waals surface area contributed by atoms with Gasteiger partial charge in [-0.15, -0.1) is 11.3 Å². The summed E-state index contributed by atoms with van der Waals surface area (Å²) < 4.78 is 0.444. The molecule has 0 spiro atoms. The van der Waals surface area contributed by atoms with Gasteiger partial charge in [0, 0.05) is 5.56 Å². The van der Waals surface area contributed by atoms with Crippen molar-refractivity contribution in [1.82, 2.24) is 15.3 Å². The van der Waals surface area contributed by atoms with E-state index in [1.165, 1.54) is 18.3 Å². The van der Waals surface area contributed by atoms with Gasteiger partial charge in [-0.05, 0) is 13.8 Å². The number of carbonyl (C=O) groups is 2. The fourth-order valence-corrected chi connectivity index (χ4v) is 3.36. The van der Waals surface area contributed by atoms with E-state index < -0.39 is 17.9 Å². The van der Waals surface area contributed by atoms with Crippen molar-refractivity contribution in [2.24, 2.45) is 0 Å². The second-order valence-corrected chi connectivity index (χ2v) is 6.49. The van der Waals surface area contributed by atoms with Crippen LogP contribution in [-0.2, 0) is 4.79 Å². The zero-order valence-electron chi connectivity index (χ0n) is 13.5. The molecule has 1 aromatic carbocycles. The molecule has 3 aromatic rings. The van der Waals surface area contributed by atoms with Crippen molar-refractivity contribution in [3.05, 3.63) is 41.7 Å². The molecule has 0 aliphatic rings. The number of hydrogen-bond acceptors (Lipinski definition) is 6. The molecule has 3 N–H and O–H groups in total. The van der Waals surface area contributed by atoms with Crippen LogP contribution in [0.5, 0.6) is 5.75 Å². The number of fused-ring (bicyclic) bond motifs is 1. The Bertz CT molecular complexity index is 969. The molecule has 0 bridgehead atoms. The molecule has 0 aliphatic heterocycles. The first kappa shape index (κ1) is 16.8. The van der Waals surface area contributed by atoms with Crippen molar-refractivity contribution in [1.29, 1.82) is 0 Å². The third-order valence-corrected chi connectivity index (χ3v) is 4.75. The molecular weight excluding hydrogens is 342 g/mol. The first-order valence-corrected chi connectivity index (χ1v) is 8.29. The summed E-state index contributed by atoms with van der Waals surface area (Å²) in [6.45, 7) is 3.02. The number of hydrogen-bond donors (Lipinski definition) is 3. The fourth-order valence-electron chi connectivity index (χ4n) is 2.30. The average Bonchev–Trinajstić information content (AvgIpc) is 3.05. The van der Waals surface area contributed by atoms with Crippen LogP contribution in [0.1, 0.15) is 23.1 Å². The van der Waals surface area contributed by atoms with Gasteiger partial charge in [-0.2, -0.15) is 0 Å². The van der Waals surface area contributed by atoms with Crippen LogP contribution in [0.4, 0.5) is 0 Å². The van der Waals surface area contributed by atoms with E-state index in [1.807, 2.05) is 30.3 Å². The van der Waals surface area contributed by atoms with Gasteiger partial charge in [-0.25, -0.2) is 9.97 Å². The van der Waals surface area contributed by atoms with Gasteiger partial charge in [0.1, 0.15) is 21.3 Å². The second kappa shape index (κ2) is 6.48. The predicted octanol–water partition coefficient (Wildman–Crippen LogP) is 2.58. The van der Waals surface area contributed by atoms with E-state index in [4.69, 9.17) is 5.11 Å². The van der Waals surface area contributed by atoms with Gasteiger partial charge >= 0.3 is 5.97 Å². The van der Waals surface area contributed by atoms with Crippen molar-refractivity contribution >= 4 is 33.4 Å². The minimum atomic E-state index is -1.17. The molecular formula is C17H15N3O4S. The van der Waals surface area contributed by atoms with Crippen LogP contribution in [0.3, 0.4) is 0 Å². The van der Waals surface area contributed by atoms with Gasteiger partial charge in [0.05, 0.1) is 5.69 Å². The predicted molar refractivity (Wildman–Crippen MR) is 93.8 cm³/mol. The number of amides is 1. The van der Waals surface area contributed by atoms with Crippen LogP contribution in [0.15, 0.2) is 30.3 Å². The number of pyridine rings is 1. The molecule has 0 saturated carbocycles. The molecule has 0 saturated heterocycles. The number of aliphatic carboxylic acids is 1. The highest BCUT2D eigenvalue weighted by Gasteiger charge is 2.23. The highest BCUT2D eigenvalue weighted by atomic mass is 32.1. The van der Waals surface area contributed by atoms with E-state index in [9.17, 15) is 14.7 Å². The summed E-state index contributed by atoms with van der Waals surface area (Å²) in [5.74, 6) is -2.21. The maximum absolute atomic E-state index is 12.2. The number of nitrogens with zero attached hydrogens (tertiary/aromatic N) is 2. The number of aromatic nitrogens is 2. The van der Waals surface area contributed by atoms with Crippen molar-refractivity contribution in [2.45, 2.75) is 19.9 Å². The van der Waals surface area contributed by atoms with Gasteiger partial charge < -0.3 is 15.5 Å². The standard InChI is InChI=1S/C17H15N3O4S/c1-8-11-14(25-16(20-11)10-6-4-3-5-7-10)13(21)12(18-8)15(22)19-9(2)17(23)24/h3-7,9,21H,1-2H3,(H,19,22)(H,23,24). The fraction of sp³-hybridized carbons (Fsp3) is 0.176. The number of rotatable bonds is 4. The summed E-state index contributed by atoms with van der Waals surface area (Å²) in [7, 11) is 0. The highest BCUT2D eigenvalue weighted by Crippen LogP contribution is 2.37. The molecule has 0 fully saturated rings. The van der Waals surface area contributed by atoms with Gasteiger partial charge in [0.2, 0.25) is 0 Å². The molecule has 8 heteroatoms. The minimum Gasteiger partial charge on any atom is -0.504 e. The summed E-state index contributed by atoms with van der Waals surface area (Å²) in [4.78, 5) is 31.7. The lowest BCUT2D eigenvalue weighted by Crippen LogP contribution is -2.38. The Labute approximate surface area is 147 Å². The van der Waals surface area contributed by atoms with Gasteiger partial charge in [-0.3, -0.25) is 9.59 Å². The second-order valence-electron chi connectivity index (χ2n) is 5.49. The third kappa shape index (κ3) is 3.16.